The Labute approximate surface area is 232 Å². The molecule has 2 aromatic rings. The number of rotatable bonds is 10. The first-order valence-corrected chi connectivity index (χ1v) is 13.3. The minimum absolute atomic E-state index is 0.0976. The summed E-state index contributed by atoms with van der Waals surface area (Å²) in [5.74, 6) is -0.910. The maximum Gasteiger partial charge on any atom is 0.405 e. The van der Waals surface area contributed by atoms with Crippen LogP contribution in [0.2, 0.25) is 10.0 Å². The van der Waals surface area contributed by atoms with Crippen LogP contribution in [0, 0.1) is 5.82 Å². The first kappa shape index (κ1) is 29.7. The van der Waals surface area contributed by atoms with Crippen LogP contribution in [0.3, 0.4) is 0 Å². The van der Waals surface area contributed by atoms with Crippen LogP contribution in [0.4, 0.5) is 9.18 Å². The minimum Gasteiger partial charge on any atom is -0.465 e. The summed E-state index contributed by atoms with van der Waals surface area (Å²) < 4.78 is 13.4. The number of nitrogens with zero attached hydrogens (tertiary/aromatic N) is 2. The number of piperazine rings is 1. The molecule has 3 amide bonds. The Bertz CT molecular complexity index is 1130. The van der Waals surface area contributed by atoms with Gasteiger partial charge in [0.2, 0.25) is 11.8 Å². The zero-order valence-corrected chi connectivity index (χ0v) is 22.9. The zero-order valence-electron chi connectivity index (χ0n) is 21.4. The standard InChI is InChI=1S/C27H33Cl2FN4O4/c1-3-4-21-16-33(24(25(35)31-2)14-18-7-8-19(28)15-22(18)29)11-12-34(21)26(36)23(32-27(37)38)13-17-5-9-20(30)10-6-17/h5-10,15,21,23-24,32H,3-4,11-14,16H2,1-2H3,(H,31,35)(H,37,38). The summed E-state index contributed by atoms with van der Waals surface area (Å²) in [6.45, 7) is 3.20. The molecule has 206 valence electrons. The van der Waals surface area contributed by atoms with E-state index in [1.54, 1.807) is 24.1 Å². The van der Waals surface area contributed by atoms with Crippen LogP contribution in [0.5, 0.6) is 0 Å². The van der Waals surface area contributed by atoms with Crippen molar-refractivity contribution < 1.29 is 23.9 Å². The van der Waals surface area contributed by atoms with Gasteiger partial charge >= 0.3 is 6.09 Å². The molecule has 1 aliphatic heterocycles. The van der Waals surface area contributed by atoms with E-state index in [0.717, 1.165) is 12.0 Å². The van der Waals surface area contributed by atoms with Crippen molar-refractivity contribution in [3.05, 3.63) is 69.5 Å². The van der Waals surface area contributed by atoms with Crippen molar-refractivity contribution in [2.24, 2.45) is 0 Å². The maximum absolute atomic E-state index is 13.6. The van der Waals surface area contributed by atoms with Crippen molar-refractivity contribution in [3.63, 3.8) is 0 Å². The second-order valence-corrected chi connectivity index (χ2v) is 10.2. The summed E-state index contributed by atoms with van der Waals surface area (Å²) in [6.07, 6.45) is 0.637. The van der Waals surface area contributed by atoms with Crippen molar-refractivity contribution in [2.45, 2.75) is 50.7 Å². The number of benzene rings is 2. The van der Waals surface area contributed by atoms with E-state index in [2.05, 4.69) is 10.6 Å². The Morgan fingerprint density at radius 3 is 2.42 bits per heavy atom. The van der Waals surface area contributed by atoms with Crippen LogP contribution in [0.15, 0.2) is 42.5 Å². The molecule has 0 aromatic heterocycles. The molecule has 8 nitrogen and oxygen atoms in total. The topological polar surface area (TPSA) is 102 Å². The van der Waals surface area contributed by atoms with E-state index in [1.807, 2.05) is 17.9 Å². The van der Waals surface area contributed by atoms with E-state index in [9.17, 15) is 23.9 Å². The third kappa shape index (κ3) is 7.82. The Morgan fingerprint density at radius 1 is 1.11 bits per heavy atom. The Kier molecular flexibility index (Phi) is 10.8. The molecular weight excluding hydrogens is 534 g/mol. The average Bonchev–Trinajstić information content (AvgIpc) is 2.88. The fraction of sp³-hybridized carbons (Fsp3) is 0.444. The van der Waals surface area contributed by atoms with Gasteiger partial charge in [-0.05, 0) is 48.2 Å². The zero-order chi connectivity index (χ0) is 27.8. The molecule has 3 atom stereocenters. The molecule has 0 spiro atoms. The van der Waals surface area contributed by atoms with Gasteiger partial charge in [0.15, 0.2) is 0 Å². The molecule has 2 aromatic carbocycles. The highest BCUT2D eigenvalue weighted by Gasteiger charge is 2.38. The normalized spacial score (nSPS) is 17.5. The lowest BCUT2D eigenvalue weighted by atomic mass is 9.98. The Morgan fingerprint density at radius 2 is 1.82 bits per heavy atom. The summed E-state index contributed by atoms with van der Waals surface area (Å²) in [4.78, 5) is 41.8. The summed E-state index contributed by atoms with van der Waals surface area (Å²) in [5.41, 5.74) is 1.43. The maximum atomic E-state index is 13.6. The lowest BCUT2D eigenvalue weighted by molar-refractivity contribution is -0.140. The molecule has 1 aliphatic rings. The first-order valence-electron chi connectivity index (χ1n) is 12.6. The monoisotopic (exact) mass is 566 g/mol. The fourth-order valence-corrected chi connectivity index (χ4v) is 5.37. The van der Waals surface area contributed by atoms with Gasteiger partial charge in [-0.3, -0.25) is 14.5 Å². The molecule has 3 rings (SSSR count). The van der Waals surface area contributed by atoms with E-state index in [0.29, 0.717) is 48.1 Å². The van der Waals surface area contributed by atoms with Gasteiger partial charge in [-0.2, -0.15) is 0 Å². The molecule has 38 heavy (non-hydrogen) atoms. The molecule has 1 heterocycles. The second kappa shape index (κ2) is 13.8. The quantitative estimate of drug-likeness (QED) is 0.403. The number of likely N-dealkylation sites (N-methyl/N-ethyl adjacent to an activating group) is 1. The molecule has 0 bridgehead atoms. The van der Waals surface area contributed by atoms with Crippen molar-refractivity contribution in [2.75, 3.05) is 26.7 Å². The van der Waals surface area contributed by atoms with Gasteiger partial charge in [-0.1, -0.05) is 54.7 Å². The van der Waals surface area contributed by atoms with Crippen LogP contribution < -0.4 is 10.6 Å². The molecular formula is C27H33Cl2FN4O4. The van der Waals surface area contributed by atoms with Crippen LogP contribution in [0.1, 0.15) is 30.9 Å². The SMILES string of the molecule is CCCC1CN(C(Cc2ccc(Cl)cc2Cl)C(=O)NC)CCN1C(=O)C(Cc1ccc(F)cc1)NC(=O)O. The van der Waals surface area contributed by atoms with Gasteiger partial charge in [0, 0.05) is 49.2 Å². The summed E-state index contributed by atoms with van der Waals surface area (Å²) in [6, 6.07) is 9.07. The summed E-state index contributed by atoms with van der Waals surface area (Å²) in [5, 5.41) is 15.5. The molecule has 11 heteroatoms. The number of amides is 3. The molecule has 3 N–H and O–H groups in total. The van der Waals surface area contributed by atoms with Gasteiger partial charge in [0.05, 0.1) is 6.04 Å². The predicted octanol–water partition coefficient (Wildman–Crippen LogP) is 3.98. The van der Waals surface area contributed by atoms with E-state index < -0.39 is 24.0 Å². The number of hydrogen-bond donors (Lipinski definition) is 3. The highest BCUT2D eigenvalue weighted by molar-refractivity contribution is 6.35. The molecule has 0 saturated carbocycles. The number of carbonyl (C=O) groups excluding carboxylic acids is 2. The van der Waals surface area contributed by atoms with Gasteiger partial charge < -0.3 is 20.6 Å². The van der Waals surface area contributed by atoms with Crippen LogP contribution in [0.25, 0.3) is 0 Å². The highest BCUT2D eigenvalue weighted by Crippen LogP contribution is 2.25. The molecule has 1 fully saturated rings. The van der Waals surface area contributed by atoms with E-state index in [-0.39, 0.29) is 24.3 Å². The number of nitrogens with one attached hydrogen (secondary N) is 2. The lowest BCUT2D eigenvalue weighted by Crippen LogP contribution is -2.63. The number of halogens is 3. The van der Waals surface area contributed by atoms with Crippen LogP contribution in [-0.2, 0) is 22.4 Å². The van der Waals surface area contributed by atoms with E-state index >= 15 is 0 Å². The number of hydrogen-bond acceptors (Lipinski definition) is 4. The van der Waals surface area contributed by atoms with Crippen molar-refractivity contribution >= 4 is 41.1 Å². The number of carbonyl (C=O) groups is 3. The highest BCUT2D eigenvalue weighted by atomic mass is 35.5. The van der Waals surface area contributed by atoms with Gasteiger partial charge in [0.1, 0.15) is 11.9 Å². The van der Waals surface area contributed by atoms with Gasteiger partial charge in [-0.25, -0.2) is 9.18 Å². The van der Waals surface area contributed by atoms with Gasteiger partial charge in [-0.15, -0.1) is 0 Å². The third-order valence-corrected chi connectivity index (χ3v) is 7.37. The van der Waals surface area contributed by atoms with Gasteiger partial charge in [0.25, 0.3) is 0 Å². The van der Waals surface area contributed by atoms with Crippen molar-refractivity contribution in [1.82, 2.24) is 20.4 Å². The minimum atomic E-state index is -1.31. The van der Waals surface area contributed by atoms with E-state index in [4.69, 9.17) is 23.2 Å². The average molecular weight is 567 g/mol. The summed E-state index contributed by atoms with van der Waals surface area (Å²) in [7, 11) is 1.58. The third-order valence-electron chi connectivity index (χ3n) is 6.79. The fourth-order valence-electron chi connectivity index (χ4n) is 4.89. The van der Waals surface area contributed by atoms with Crippen LogP contribution >= 0.6 is 23.2 Å². The smallest absolute Gasteiger partial charge is 0.405 e. The largest absolute Gasteiger partial charge is 0.465 e. The Balaban J connectivity index is 1.80. The number of carboxylic acid groups (broad SMARTS) is 1. The first-order chi connectivity index (χ1) is 18.1. The Hall–Kier alpha value is -2.88. The molecule has 3 unspecified atom stereocenters. The molecule has 0 aliphatic carbocycles. The van der Waals surface area contributed by atoms with Crippen molar-refractivity contribution in [1.29, 1.82) is 0 Å². The predicted molar refractivity (Wildman–Crippen MR) is 145 cm³/mol. The van der Waals surface area contributed by atoms with Crippen molar-refractivity contribution in [3.8, 4) is 0 Å². The molecule has 0 radical (unpaired) electrons. The summed E-state index contributed by atoms with van der Waals surface area (Å²) >= 11 is 12.4. The second-order valence-electron chi connectivity index (χ2n) is 9.37. The molecule has 1 saturated heterocycles. The lowest BCUT2D eigenvalue weighted by Gasteiger charge is -2.45. The van der Waals surface area contributed by atoms with Crippen LogP contribution in [-0.4, -0.2) is 77.6 Å². The van der Waals surface area contributed by atoms with E-state index in [1.165, 1.54) is 24.3 Å².